The average Bonchev–Trinajstić information content (AvgIpc) is 2.31. The summed E-state index contributed by atoms with van der Waals surface area (Å²) in [5.41, 5.74) is 2.88. The van der Waals surface area contributed by atoms with E-state index in [2.05, 4.69) is 31.2 Å². The van der Waals surface area contributed by atoms with Crippen molar-refractivity contribution in [1.82, 2.24) is 0 Å². The van der Waals surface area contributed by atoms with Crippen LogP contribution >= 0.6 is 0 Å². The zero-order valence-electron chi connectivity index (χ0n) is 9.76. The van der Waals surface area contributed by atoms with E-state index in [9.17, 15) is 0 Å². The molecule has 0 amide bonds. The van der Waals surface area contributed by atoms with E-state index in [1.54, 1.807) is 0 Å². The lowest BCUT2D eigenvalue weighted by molar-refractivity contribution is 0.443. The summed E-state index contributed by atoms with van der Waals surface area (Å²) in [5, 5.41) is 0. The number of hydrogen-bond donors (Lipinski definition) is 0. The van der Waals surface area contributed by atoms with Crippen LogP contribution in [0.25, 0.3) is 0 Å². The first kappa shape index (κ1) is 10.7. The van der Waals surface area contributed by atoms with Gasteiger partial charge >= 0.3 is 0 Å². The lowest BCUT2D eigenvalue weighted by atomic mass is 9.83. The van der Waals surface area contributed by atoms with Gasteiger partial charge in [-0.05, 0) is 42.4 Å². The Morgan fingerprint density at radius 1 is 1.20 bits per heavy atom. The highest BCUT2D eigenvalue weighted by Gasteiger charge is 2.15. The standard InChI is InChI=1S/C15H21/c1-2-7-13-8-6-11-15(12-13)14-9-4-3-5-10-14/h6,8,11,14H,2-5,7,9-10H2,1H3. The summed E-state index contributed by atoms with van der Waals surface area (Å²) >= 11 is 0. The zero-order chi connectivity index (χ0) is 10.5. The van der Waals surface area contributed by atoms with Gasteiger partial charge in [-0.15, -0.1) is 0 Å². The molecule has 81 valence electrons. The molecule has 1 aliphatic rings. The van der Waals surface area contributed by atoms with Crippen molar-refractivity contribution in [2.75, 3.05) is 0 Å². The van der Waals surface area contributed by atoms with Crippen LogP contribution < -0.4 is 0 Å². The molecule has 1 radical (unpaired) electrons. The third kappa shape index (κ3) is 2.84. The summed E-state index contributed by atoms with van der Waals surface area (Å²) in [6.07, 6.45) is 9.43. The van der Waals surface area contributed by atoms with Crippen LogP contribution in [0.4, 0.5) is 0 Å². The van der Waals surface area contributed by atoms with Crippen LogP contribution in [-0.4, -0.2) is 0 Å². The van der Waals surface area contributed by atoms with E-state index in [1.165, 1.54) is 56.1 Å². The minimum absolute atomic E-state index is 0.801. The van der Waals surface area contributed by atoms with E-state index < -0.39 is 0 Å². The summed E-state index contributed by atoms with van der Waals surface area (Å²) in [6, 6.07) is 10.3. The molecule has 0 atom stereocenters. The van der Waals surface area contributed by atoms with Crippen molar-refractivity contribution >= 4 is 0 Å². The second-order valence-electron chi connectivity index (χ2n) is 4.72. The van der Waals surface area contributed by atoms with Gasteiger partial charge in [0.2, 0.25) is 0 Å². The Labute approximate surface area is 93.7 Å². The number of benzene rings is 1. The van der Waals surface area contributed by atoms with E-state index in [0.29, 0.717) is 0 Å². The Morgan fingerprint density at radius 3 is 2.73 bits per heavy atom. The molecule has 0 bridgehead atoms. The fourth-order valence-corrected chi connectivity index (χ4v) is 2.60. The maximum Gasteiger partial charge on any atom is -0.0111 e. The lowest BCUT2D eigenvalue weighted by Crippen LogP contribution is -2.05. The molecule has 1 saturated carbocycles. The first-order chi connectivity index (χ1) is 7.40. The summed E-state index contributed by atoms with van der Waals surface area (Å²) in [7, 11) is 0. The summed E-state index contributed by atoms with van der Waals surface area (Å²) in [6.45, 7) is 2.24. The monoisotopic (exact) mass is 201 g/mol. The van der Waals surface area contributed by atoms with Gasteiger partial charge in [0.25, 0.3) is 0 Å². The number of aryl methyl sites for hydroxylation is 1. The van der Waals surface area contributed by atoms with Gasteiger partial charge in [0.15, 0.2) is 0 Å². The maximum absolute atomic E-state index is 3.62. The van der Waals surface area contributed by atoms with Crippen molar-refractivity contribution in [1.29, 1.82) is 0 Å². The molecule has 0 nitrogen and oxygen atoms in total. The van der Waals surface area contributed by atoms with Gasteiger partial charge in [0.1, 0.15) is 0 Å². The first-order valence-electron chi connectivity index (χ1n) is 6.41. The van der Waals surface area contributed by atoms with Crippen LogP contribution in [0, 0.1) is 6.07 Å². The van der Waals surface area contributed by atoms with Gasteiger partial charge in [-0.25, -0.2) is 0 Å². The highest BCUT2D eigenvalue weighted by Crippen LogP contribution is 2.32. The third-order valence-electron chi connectivity index (χ3n) is 3.44. The molecule has 1 aliphatic carbocycles. The highest BCUT2D eigenvalue weighted by atomic mass is 14.2. The second kappa shape index (κ2) is 5.34. The Morgan fingerprint density at radius 2 is 2.00 bits per heavy atom. The minimum Gasteiger partial charge on any atom is -0.0651 e. The van der Waals surface area contributed by atoms with Crippen LogP contribution in [0.2, 0.25) is 0 Å². The van der Waals surface area contributed by atoms with Crippen molar-refractivity contribution in [3.8, 4) is 0 Å². The van der Waals surface area contributed by atoms with Crippen LogP contribution in [0.15, 0.2) is 18.2 Å². The molecule has 0 heteroatoms. The lowest BCUT2D eigenvalue weighted by Gasteiger charge is -2.22. The summed E-state index contributed by atoms with van der Waals surface area (Å²) in [5.74, 6) is 0.801. The van der Waals surface area contributed by atoms with Crippen molar-refractivity contribution < 1.29 is 0 Å². The smallest absolute Gasteiger partial charge is 0.0111 e. The van der Waals surface area contributed by atoms with Crippen molar-refractivity contribution in [2.24, 2.45) is 0 Å². The van der Waals surface area contributed by atoms with E-state index >= 15 is 0 Å². The number of hydrogen-bond acceptors (Lipinski definition) is 0. The van der Waals surface area contributed by atoms with E-state index in [1.807, 2.05) is 0 Å². The quantitative estimate of drug-likeness (QED) is 0.676. The Kier molecular flexibility index (Phi) is 3.82. The molecule has 15 heavy (non-hydrogen) atoms. The Hall–Kier alpha value is -0.780. The van der Waals surface area contributed by atoms with Gasteiger partial charge in [-0.3, -0.25) is 0 Å². The Balaban J connectivity index is 2.09. The van der Waals surface area contributed by atoms with Gasteiger partial charge < -0.3 is 0 Å². The molecule has 0 aromatic heterocycles. The molecule has 0 heterocycles. The molecule has 0 saturated heterocycles. The maximum atomic E-state index is 3.62. The minimum atomic E-state index is 0.801. The topological polar surface area (TPSA) is 0 Å². The summed E-state index contributed by atoms with van der Waals surface area (Å²) in [4.78, 5) is 0. The molecular weight excluding hydrogens is 180 g/mol. The van der Waals surface area contributed by atoms with Crippen molar-refractivity contribution in [3.63, 3.8) is 0 Å². The van der Waals surface area contributed by atoms with Crippen LogP contribution in [-0.2, 0) is 6.42 Å². The predicted molar refractivity (Wildman–Crippen MR) is 65.1 cm³/mol. The van der Waals surface area contributed by atoms with E-state index in [-0.39, 0.29) is 0 Å². The van der Waals surface area contributed by atoms with E-state index in [4.69, 9.17) is 0 Å². The number of rotatable bonds is 3. The molecule has 1 aromatic rings. The van der Waals surface area contributed by atoms with E-state index in [0.717, 1.165) is 5.92 Å². The second-order valence-corrected chi connectivity index (χ2v) is 4.72. The molecular formula is C15H21. The van der Waals surface area contributed by atoms with Gasteiger partial charge in [0.05, 0.1) is 0 Å². The largest absolute Gasteiger partial charge is 0.0651 e. The molecule has 1 aromatic carbocycles. The molecule has 0 N–H and O–H groups in total. The highest BCUT2D eigenvalue weighted by molar-refractivity contribution is 5.25. The fourth-order valence-electron chi connectivity index (χ4n) is 2.60. The van der Waals surface area contributed by atoms with Gasteiger partial charge in [0, 0.05) is 0 Å². The SMILES string of the molecule is CCCc1[c]c(C2CCCCC2)ccc1. The van der Waals surface area contributed by atoms with Crippen LogP contribution in [0.3, 0.4) is 0 Å². The van der Waals surface area contributed by atoms with Crippen LogP contribution in [0.5, 0.6) is 0 Å². The normalized spacial score (nSPS) is 17.9. The molecule has 2 rings (SSSR count). The molecule has 1 fully saturated rings. The Bertz CT molecular complexity index is 295. The zero-order valence-corrected chi connectivity index (χ0v) is 9.76. The third-order valence-corrected chi connectivity index (χ3v) is 3.44. The molecule has 0 aliphatic heterocycles. The van der Waals surface area contributed by atoms with Crippen LogP contribution in [0.1, 0.15) is 62.5 Å². The summed E-state index contributed by atoms with van der Waals surface area (Å²) < 4.78 is 0. The van der Waals surface area contributed by atoms with Gasteiger partial charge in [-0.2, -0.15) is 0 Å². The van der Waals surface area contributed by atoms with Crippen molar-refractivity contribution in [3.05, 3.63) is 35.4 Å². The van der Waals surface area contributed by atoms with Gasteiger partial charge in [-0.1, -0.05) is 50.8 Å². The predicted octanol–water partition coefficient (Wildman–Crippen LogP) is 4.49. The fraction of sp³-hybridized carbons (Fsp3) is 0.600. The van der Waals surface area contributed by atoms with Crippen molar-refractivity contribution in [2.45, 2.75) is 57.8 Å². The first-order valence-corrected chi connectivity index (χ1v) is 6.41. The molecule has 0 spiro atoms. The molecule has 0 unspecified atom stereocenters. The average molecular weight is 201 g/mol.